The fraction of sp³-hybridized carbons (Fsp3) is 0.0714. The highest BCUT2D eigenvalue weighted by molar-refractivity contribution is 7.92. The van der Waals surface area contributed by atoms with Gasteiger partial charge in [-0.1, -0.05) is 23.4 Å². The quantitative estimate of drug-likeness (QED) is 0.798. The van der Waals surface area contributed by atoms with Crippen molar-refractivity contribution in [2.75, 3.05) is 4.72 Å². The first-order valence-corrected chi connectivity index (χ1v) is 8.51. The monoisotopic (exact) mass is 320 g/mol. The SMILES string of the molecule is Cc1cc(NS(=O)(=O)c2ccc(-c3cccs3)cc2)no1. The number of nitrogens with zero attached hydrogens (tertiary/aromatic N) is 1. The number of thiophene rings is 1. The molecular weight excluding hydrogens is 308 g/mol. The van der Waals surface area contributed by atoms with E-state index in [-0.39, 0.29) is 10.7 Å². The van der Waals surface area contributed by atoms with Gasteiger partial charge in [-0.05, 0) is 36.1 Å². The lowest BCUT2D eigenvalue weighted by Gasteiger charge is -2.05. The van der Waals surface area contributed by atoms with Crippen molar-refractivity contribution < 1.29 is 12.9 Å². The summed E-state index contributed by atoms with van der Waals surface area (Å²) < 4.78 is 31.7. The Hall–Kier alpha value is -2.12. The molecule has 3 rings (SSSR count). The van der Waals surface area contributed by atoms with Crippen molar-refractivity contribution in [3.8, 4) is 10.4 Å². The molecular formula is C14H12N2O3S2. The number of hydrogen-bond acceptors (Lipinski definition) is 5. The third kappa shape index (κ3) is 2.98. The van der Waals surface area contributed by atoms with Crippen LogP contribution in [0.2, 0.25) is 0 Å². The van der Waals surface area contributed by atoms with E-state index in [0.717, 1.165) is 10.4 Å². The molecule has 0 unspecified atom stereocenters. The third-order valence-electron chi connectivity index (χ3n) is 2.84. The first kappa shape index (κ1) is 13.8. The Morgan fingerprint density at radius 2 is 1.95 bits per heavy atom. The molecule has 0 saturated carbocycles. The van der Waals surface area contributed by atoms with Crippen LogP contribution in [0.1, 0.15) is 5.76 Å². The van der Waals surface area contributed by atoms with Gasteiger partial charge in [0.2, 0.25) is 0 Å². The summed E-state index contributed by atoms with van der Waals surface area (Å²) in [5.41, 5.74) is 0.987. The van der Waals surface area contributed by atoms with E-state index >= 15 is 0 Å². The van der Waals surface area contributed by atoms with Crippen molar-refractivity contribution in [3.63, 3.8) is 0 Å². The van der Waals surface area contributed by atoms with E-state index in [2.05, 4.69) is 9.88 Å². The molecule has 0 amide bonds. The second-order valence-corrected chi connectivity index (χ2v) is 7.06. The van der Waals surface area contributed by atoms with Gasteiger partial charge in [-0.25, -0.2) is 8.42 Å². The third-order valence-corrected chi connectivity index (χ3v) is 5.13. The molecule has 0 spiro atoms. The Morgan fingerprint density at radius 1 is 1.19 bits per heavy atom. The van der Waals surface area contributed by atoms with Gasteiger partial charge in [0, 0.05) is 10.9 Å². The molecule has 1 N–H and O–H groups in total. The molecule has 21 heavy (non-hydrogen) atoms. The molecule has 2 heterocycles. The maximum atomic E-state index is 12.2. The lowest BCUT2D eigenvalue weighted by molar-refractivity contribution is 0.400. The summed E-state index contributed by atoms with van der Waals surface area (Å²) in [7, 11) is -3.65. The highest BCUT2D eigenvalue weighted by atomic mass is 32.2. The van der Waals surface area contributed by atoms with Crippen LogP contribution >= 0.6 is 11.3 Å². The number of anilines is 1. The highest BCUT2D eigenvalue weighted by Gasteiger charge is 2.16. The molecule has 2 aromatic heterocycles. The molecule has 7 heteroatoms. The summed E-state index contributed by atoms with van der Waals surface area (Å²) in [5, 5.41) is 5.60. The molecule has 3 aromatic rings. The molecule has 1 aromatic carbocycles. The largest absolute Gasteiger partial charge is 0.360 e. The average molecular weight is 320 g/mol. The molecule has 0 aliphatic heterocycles. The molecule has 0 fully saturated rings. The summed E-state index contributed by atoms with van der Waals surface area (Å²) in [6, 6.07) is 12.2. The van der Waals surface area contributed by atoms with Crippen molar-refractivity contribution in [3.05, 3.63) is 53.6 Å². The molecule has 0 aliphatic rings. The highest BCUT2D eigenvalue weighted by Crippen LogP contribution is 2.26. The van der Waals surface area contributed by atoms with Gasteiger partial charge < -0.3 is 4.52 Å². The van der Waals surface area contributed by atoms with E-state index < -0.39 is 10.0 Å². The number of aromatic nitrogens is 1. The maximum Gasteiger partial charge on any atom is 0.263 e. The maximum absolute atomic E-state index is 12.2. The minimum absolute atomic E-state index is 0.176. The van der Waals surface area contributed by atoms with Crippen molar-refractivity contribution >= 4 is 27.2 Å². The van der Waals surface area contributed by atoms with E-state index in [9.17, 15) is 8.42 Å². The molecule has 5 nitrogen and oxygen atoms in total. The zero-order valence-electron chi connectivity index (χ0n) is 11.1. The molecule has 0 saturated heterocycles. The smallest absolute Gasteiger partial charge is 0.263 e. The van der Waals surface area contributed by atoms with Crippen molar-refractivity contribution in [2.45, 2.75) is 11.8 Å². The Morgan fingerprint density at radius 3 is 2.52 bits per heavy atom. The second-order valence-electron chi connectivity index (χ2n) is 4.43. The van der Waals surface area contributed by atoms with Crippen LogP contribution in [0.4, 0.5) is 5.82 Å². The minimum Gasteiger partial charge on any atom is -0.360 e. The zero-order valence-corrected chi connectivity index (χ0v) is 12.7. The van der Waals surface area contributed by atoms with Crippen LogP contribution in [0.15, 0.2) is 57.3 Å². The Bertz CT molecular complexity index is 835. The van der Waals surface area contributed by atoms with Crippen molar-refractivity contribution in [2.24, 2.45) is 0 Å². The first-order chi connectivity index (χ1) is 10.0. The van der Waals surface area contributed by atoms with E-state index in [4.69, 9.17) is 4.52 Å². The predicted octanol–water partition coefficient (Wildman–Crippen LogP) is 3.51. The van der Waals surface area contributed by atoms with Gasteiger partial charge in [0.15, 0.2) is 5.82 Å². The van der Waals surface area contributed by atoms with Gasteiger partial charge >= 0.3 is 0 Å². The normalized spacial score (nSPS) is 11.5. The summed E-state index contributed by atoms with van der Waals surface area (Å²) in [4.78, 5) is 1.28. The molecule has 0 aliphatic carbocycles. The van der Waals surface area contributed by atoms with Gasteiger partial charge in [0.05, 0.1) is 4.90 Å². The van der Waals surface area contributed by atoms with E-state index in [1.807, 2.05) is 17.5 Å². The van der Waals surface area contributed by atoms with Crippen LogP contribution in [-0.2, 0) is 10.0 Å². The number of hydrogen-bond donors (Lipinski definition) is 1. The lowest BCUT2D eigenvalue weighted by atomic mass is 10.2. The van der Waals surface area contributed by atoms with Gasteiger partial charge in [-0.3, -0.25) is 4.72 Å². The van der Waals surface area contributed by atoms with E-state index in [1.165, 1.54) is 6.07 Å². The standard InChI is InChI=1S/C14H12N2O3S2/c1-10-9-14(15-19-10)16-21(17,18)12-6-4-11(5-7-12)13-3-2-8-20-13/h2-9H,1H3,(H,15,16). The number of sulfonamides is 1. The summed E-state index contributed by atoms with van der Waals surface area (Å²) in [6.45, 7) is 1.70. The molecule has 0 atom stereocenters. The number of rotatable bonds is 4. The summed E-state index contributed by atoms with van der Waals surface area (Å²) >= 11 is 1.61. The van der Waals surface area contributed by atoms with Crippen LogP contribution in [0.5, 0.6) is 0 Å². The second kappa shape index (κ2) is 5.34. The fourth-order valence-corrected chi connectivity index (χ4v) is 3.57. The summed E-state index contributed by atoms with van der Waals surface area (Å²) in [6.07, 6.45) is 0. The fourth-order valence-electron chi connectivity index (χ4n) is 1.85. The predicted molar refractivity (Wildman–Crippen MR) is 81.8 cm³/mol. The Labute approximate surface area is 126 Å². The van der Waals surface area contributed by atoms with E-state index in [0.29, 0.717) is 5.76 Å². The van der Waals surface area contributed by atoms with Gasteiger partial charge in [-0.15, -0.1) is 11.3 Å². The number of aryl methyl sites for hydroxylation is 1. The van der Waals surface area contributed by atoms with Crippen LogP contribution in [0, 0.1) is 6.92 Å². The van der Waals surface area contributed by atoms with Crippen LogP contribution < -0.4 is 4.72 Å². The van der Waals surface area contributed by atoms with Crippen molar-refractivity contribution in [1.82, 2.24) is 5.16 Å². The lowest BCUT2D eigenvalue weighted by Crippen LogP contribution is -2.12. The van der Waals surface area contributed by atoms with Gasteiger partial charge in [0.1, 0.15) is 5.76 Å². The molecule has 0 radical (unpaired) electrons. The Kier molecular flexibility index (Phi) is 3.52. The molecule has 0 bridgehead atoms. The first-order valence-electron chi connectivity index (χ1n) is 6.15. The van der Waals surface area contributed by atoms with Crippen LogP contribution in [-0.4, -0.2) is 13.6 Å². The zero-order chi connectivity index (χ0) is 14.9. The van der Waals surface area contributed by atoms with E-state index in [1.54, 1.807) is 42.5 Å². The molecule has 108 valence electrons. The van der Waals surface area contributed by atoms with Crippen LogP contribution in [0.3, 0.4) is 0 Å². The van der Waals surface area contributed by atoms with Gasteiger partial charge in [0.25, 0.3) is 10.0 Å². The van der Waals surface area contributed by atoms with Gasteiger partial charge in [-0.2, -0.15) is 0 Å². The number of benzene rings is 1. The number of nitrogens with one attached hydrogen (secondary N) is 1. The summed E-state index contributed by atoms with van der Waals surface area (Å²) in [5.74, 6) is 0.718. The van der Waals surface area contributed by atoms with Crippen LogP contribution in [0.25, 0.3) is 10.4 Å². The minimum atomic E-state index is -3.65. The Balaban J connectivity index is 1.86. The van der Waals surface area contributed by atoms with Crippen molar-refractivity contribution in [1.29, 1.82) is 0 Å². The average Bonchev–Trinajstić information content (AvgIpc) is 3.10. The topological polar surface area (TPSA) is 72.2 Å².